The molecule has 27 heavy (non-hydrogen) atoms. The number of halogens is 1. The number of nitro benzene ring substituents is 1. The highest BCUT2D eigenvalue weighted by Crippen LogP contribution is 2.32. The van der Waals surface area contributed by atoms with Gasteiger partial charge in [-0.2, -0.15) is 0 Å². The highest BCUT2D eigenvalue weighted by atomic mass is 19.1. The van der Waals surface area contributed by atoms with Crippen molar-refractivity contribution >= 4 is 16.7 Å². The molecule has 0 atom stereocenters. The van der Waals surface area contributed by atoms with Crippen LogP contribution >= 0.6 is 0 Å². The van der Waals surface area contributed by atoms with Crippen LogP contribution < -0.4 is 9.47 Å². The minimum atomic E-state index is -0.842. The van der Waals surface area contributed by atoms with Gasteiger partial charge in [0.2, 0.25) is 0 Å². The molecular weight excluding hydrogens is 357 g/mol. The SMILES string of the molecule is COCCOc1cc2nccc(Oc3ccc([N+](=O)[O-])cc3F)c2nc1C. The molecule has 1 aromatic carbocycles. The Balaban J connectivity index is 1.93. The highest BCUT2D eigenvalue weighted by Gasteiger charge is 2.15. The summed E-state index contributed by atoms with van der Waals surface area (Å²) >= 11 is 0. The Morgan fingerprint density at radius 2 is 1.96 bits per heavy atom. The fraction of sp³-hybridized carbons (Fsp3) is 0.222. The Kier molecular flexibility index (Phi) is 5.41. The molecule has 0 aliphatic heterocycles. The van der Waals surface area contributed by atoms with Crippen molar-refractivity contribution in [3.8, 4) is 17.2 Å². The van der Waals surface area contributed by atoms with Crippen LogP contribution in [0.5, 0.6) is 17.2 Å². The van der Waals surface area contributed by atoms with Gasteiger partial charge in [0.1, 0.15) is 17.9 Å². The Hall–Kier alpha value is -3.33. The number of nitrogens with zero attached hydrogens (tertiary/aromatic N) is 3. The summed E-state index contributed by atoms with van der Waals surface area (Å²) in [5.41, 5.74) is 1.19. The van der Waals surface area contributed by atoms with Gasteiger partial charge >= 0.3 is 0 Å². The molecule has 8 nitrogen and oxygen atoms in total. The van der Waals surface area contributed by atoms with Crippen molar-refractivity contribution in [1.82, 2.24) is 9.97 Å². The topological polar surface area (TPSA) is 96.6 Å². The zero-order valence-electron chi connectivity index (χ0n) is 14.6. The molecule has 0 aliphatic rings. The smallest absolute Gasteiger partial charge is 0.272 e. The van der Waals surface area contributed by atoms with Crippen LogP contribution in [0.2, 0.25) is 0 Å². The molecule has 2 aromatic heterocycles. The first-order valence-corrected chi connectivity index (χ1v) is 7.99. The van der Waals surface area contributed by atoms with Crippen molar-refractivity contribution in [2.75, 3.05) is 20.3 Å². The van der Waals surface area contributed by atoms with E-state index < -0.39 is 10.7 Å². The molecule has 2 heterocycles. The van der Waals surface area contributed by atoms with Crippen LogP contribution in [0.4, 0.5) is 10.1 Å². The van der Waals surface area contributed by atoms with E-state index in [4.69, 9.17) is 14.2 Å². The molecule has 140 valence electrons. The maximum absolute atomic E-state index is 14.1. The summed E-state index contributed by atoms with van der Waals surface area (Å²) in [6.45, 7) is 2.58. The number of aromatic nitrogens is 2. The van der Waals surface area contributed by atoms with E-state index >= 15 is 0 Å². The van der Waals surface area contributed by atoms with E-state index in [2.05, 4.69) is 9.97 Å². The van der Waals surface area contributed by atoms with E-state index in [0.29, 0.717) is 35.7 Å². The van der Waals surface area contributed by atoms with E-state index in [0.717, 1.165) is 6.07 Å². The number of rotatable bonds is 7. The average molecular weight is 373 g/mol. The monoisotopic (exact) mass is 373 g/mol. The molecule has 3 aromatic rings. The number of fused-ring (bicyclic) bond motifs is 1. The second kappa shape index (κ2) is 7.92. The lowest BCUT2D eigenvalue weighted by molar-refractivity contribution is -0.385. The molecule has 0 N–H and O–H groups in total. The van der Waals surface area contributed by atoms with Gasteiger partial charge in [0.15, 0.2) is 17.3 Å². The predicted molar refractivity (Wildman–Crippen MR) is 94.8 cm³/mol. The molecule has 0 spiro atoms. The molecule has 0 unspecified atom stereocenters. The van der Waals surface area contributed by atoms with Crippen molar-refractivity contribution in [3.63, 3.8) is 0 Å². The van der Waals surface area contributed by atoms with Gasteiger partial charge in [0.05, 0.1) is 28.8 Å². The molecule has 0 saturated carbocycles. The minimum Gasteiger partial charge on any atom is -0.489 e. The third-order valence-corrected chi connectivity index (χ3v) is 3.71. The molecule has 0 bridgehead atoms. The van der Waals surface area contributed by atoms with Crippen LogP contribution in [0.15, 0.2) is 36.5 Å². The molecule has 0 fully saturated rings. The Bertz CT molecular complexity index is 996. The van der Waals surface area contributed by atoms with Gasteiger partial charge in [-0.15, -0.1) is 0 Å². The number of ether oxygens (including phenoxy) is 3. The Morgan fingerprint density at radius 3 is 2.67 bits per heavy atom. The van der Waals surface area contributed by atoms with Crippen molar-refractivity contribution in [2.24, 2.45) is 0 Å². The zero-order chi connectivity index (χ0) is 19.4. The molecular formula is C18H16FN3O5. The summed E-state index contributed by atoms with van der Waals surface area (Å²) in [6, 6.07) is 6.43. The molecule has 3 rings (SSSR count). The number of hydrogen-bond acceptors (Lipinski definition) is 7. The lowest BCUT2D eigenvalue weighted by Crippen LogP contribution is -2.06. The highest BCUT2D eigenvalue weighted by molar-refractivity contribution is 5.82. The number of aryl methyl sites for hydroxylation is 1. The number of non-ortho nitro benzene ring substituents is 1. The minimum absolute atomic E-state index is 0.145. The van der Waals surface area contributed by atoms with Crippen LogP contribution in [0.3, 0.4) is 0 Å². The fourth-order valence-electron chi connectivity index (χ4n) is 2.39. The summed E-state index contributed by atoms with van der Waals surface area (Å²) in [6.07, 6.45) is 1.50. The lowest BCUT2D eigenvalue weighted by Gasteiger charge is -2.12. The maximum atomic E-state index is 14.1. The van der Waals surface area contributed by atoms with Gasteiger partial charge in [-0.25, -0.2) is 9.37 Å². The fourth-order valence-corrected chi connectivity index (χ4v) is 2.39. The summed E-state index contributed by atoms with van der Waals surface area (Å²) in [7, 11) is 1.58. The van der Waals surface area contributed by atoms with Crippen molar-refractivity contribution in [1.29, 1.82) is 0 Å². The third kappa shape index (κ3) is 4.09. The summed E-state index contributed by atoms with van der Waals surface area (Å²) in [5.74, 6) is -0.150. The zero-order valence-corrected chi connectivity index (χ0v) is 14.6. The first-order valence-electron chi connectivity index (χ1n) is 7.99. The van der Waals surface area contributed by atoms with Gasteiger partial charge in [0, 0.05) is 31.5 Å². The van der Waals surface area contributed by atoms with E-state index in [-0.39, 0.29) is 17.2 Å². The van der Waals surface area contributed by atoms with Crippen molar-refractivity contribution in [2.45, 2.75) is 6.92 Å². The van der Waals surface area contributed by atoms with Gasteiger partial charge in [-0.05, 0) is 13.0 Å². The van der Waals surface area contributed by atoms with Crippen LogP contribution in [0.25, 0.3) is 11.0 Å². The number of pyridine rings is 2. The first-order chi connectivity index (χ1) is 13.0. The van der Waals surface area contributed by atoms with E-state index in [1.165, 1.54) is 18.3 Å². The molecule has 0 saturated heterocycles. The maximum Gasteiger partial charge on any atom is 0.272 e. The summed E-state index contributed by atoms with van der Waals surface area (Å²) in [4.78, 5) is 18.7. The van der Waals surface area contributed by atoms with Gasteiger partial charge < -0.3 is 14.2 Å². The standard InChI is InChI=1S/C18H16FN3O5/c1-11-17(26-8-7-25-2)10-14-18(21-11)16(5-6-20-14)27-15-4-3-12(22(23)24)9-13(15)19/h3-6,9-10H,7-8H2,1-2H3. The van der Waals surface area contributed by atoms with Crippen LogP contribution in [0.1, 0.15) is 5.69 Å². The first kappa shape index (κ1) is 18.5. The van der Waals surface area contributed by atoms with Crippen LogP contribution in [-0.2, 0) is 4.74 Å². The Labute approximate surface area is 153 Å². The molecule has 0 amide bonds. The van der Waals surface area contributed by atoms with E-state index in [9.17, 15) is 14.5 Å². The van der Waals surface area contributed by atoms with Crippen molar-refractivity contribution < 1.29 is 23.5 Å². The van der Waals surface area contributed by atoms with Gasteiger partial charge in [-0.3, -0.25) is 15.1 Å². The quantitative estimate of drug-likeness (QED) is 0.353. The second-order valence-corrected chi connectivity index (χ2v) is 5.56. The molecule has 0 aliphatic carbocycles. The number of methoxy groups -OCH3 is 1. The predicted octanol–water partition coefficient (Wildman–Crippen LogP) is 3.80. The molecule has 9 heteroatoms. The number of benzene rings is 1. The van der Waals surface area contributed by atoms with Crippen LogP contribution in [0, 0.1) is 22.9 Å². The average Bonchev–Trinajstić information content (AvgIpc) is 2.64. The number of hydrogen-bond donors (Lipinski definition) is 0. The normalized spacial score (nSPS) is 10.8. The van der Waals surface area contributed by atoms with Gasteiger partial charge in [-0.1, -0.05) is 0 Å². The van der Waals surface area contributed by atoms with E-state index in [1.807, 2.05) is 0 Å². The lowest BCUT2D eigenvalue weighted by atomic mass is 10.2. The summed E-state index contributed by atoms with van der Waals surface area (Å²) < 4.78 is 30.3. The van der Waals surface area contributed by atoms with Gasteiger partial charge in [0.25, 0.3) is 5.69 Å². The third-order valence-electron chi connectivity index (χ3n) is 3.71. The number of nitro groups is 1. The van der Waals surface area contributed by atoms with Crippen molar-refractivity contribution in [3.05, 3.63) is 58.2 Å². The summed E-state index contributed by atoms with van der Waals surface area (Å²) in [5, 5.41) is 10.7. The second-order valence-electron chi connectivity index (χ2n) is 5.56. The van der Waals surface area contributed by atoms with Crippen LogP contribution in [-0.4, -0.2) is 35.2 Å². The Morgan fingerprint density at radius 1 is 1.15 bits per heavy atom. The largest absolute Gasteiger partial charge is 0.489 e. The molecule has 0 radical (unpaired) electrons. The van der Waals surface area contributed by atoms with E-state index in [1.54, 1.807) is 26.2 Å².